The van der Waals surface area contributed by atoms with Gasteiger partial charge in [0.05, 0.1) is 16.6 Å². The van der Waals surface area contributed by atoms with Gasteiger partial charge in [-0.3, -0.25) is 4.90 Å². The van der Waals surface area contributed by atoms with Crippen LogP contribution in [-0.2, 0) is 6.54 Å². The van der Waals surface area contributed by atoms with Crippen molar-refractivity contribution in [3.63, 3.8) is 0 Å². The Bertz CT molecular complexity index is 791. The molecule has 3 aromatic rings. The highest BCUT2D eigenvalue weighted by molar-refractivity contribution is 7.15. The molecule has 1 saturated heterocycles. The monoisotopic (exact) mass is 345 g/mol. The molecule has 1 aliphatic heterocycles. The third kappa shape index (κ3) is 2.98. The third-order valence-electron chi connectivity index (χ3n) is 4.30. The van der Waals surface area contributed by atoms with E-state index in [-0.39, 0.29) is 0 Å². The molecule has 0 unspecified atom stereocenters. The average molecular weight is 345 g/mol. The molecule has 120 valence electrons. The SMILES string of the molecule is Cc1ccc(-c2nc(CN3CCC[C@H]3c3nccs3)c(C)o2)s1. The zero-order valence-corrected chi connectivity index (χ0v) is 14.9. The largest absolute Gasteiger partial charge is 0.440 e. The van der Waals surface area contributed by atoms with Gasteiger partial charge in [0, 0.05) is 23.0 Å². The molecule has 0 spiro atoms. The van der Waals surface area contributed by atoms with Crippen LogP contribution < -0.4 is 0 Å². The Morgan fingerprint density at radius 1 is 1.35 bits per heavy atom. The summed E-state index contributed by atoms with van der Waals surface area (Å²) in [6.07, 6.45) is 4.30. The quantitative estimate of drug-likeness (QED) is 0.680. The number of oxazole rings is 1. The normalized spacial score (nSPS) is 18.8. The number of aromatic nitrogens is 2. The standard InChI is InChI=1S/C17H19N3OS2/c1-11-5-6-15(23-11)16-19-13(12(2)21-16)10-20-8-3-4-14(20)17-18-7-9-22-17/h5-7,9,14H,3-4,8,10H2,1-2H3/t14-/m0/s1. The smallest absolute Gasteiger partial charge is 0.236 e. The molecule has 0 aliphatic carbocycles. The molecular weight excluding hydrogens is 326 g/mol. The molecule has 23 heavy (non-hydrogen) atoms. The molecule has 1 fully saturated rings. The summed E-state index contributed by atoms with van der Waals surface area (Å²) in [4.78, 5) is 14.1. The van der Waals surface area contributed by atoms with E-state index >= 15 is 0 Å². The van der Waals surface area contributed by atoms with E-state index < -0.39 is 0 Å². The predicted octanol–water partition coefficient (Wildman–Crippen LogP) is 4.81. The van der Waals surface area contributed by atoms with Crippen LogP contribution in [0.2, 0.25) is 0 Å². The fourth-order valence-electron chi connectivity index (χ4n) is 3.12. The van der Waals surface area contributed by atoms with Crippen LogP contribution in [0.15, 0.2) is 28.1 Å². The molecule has 0 saturated carbocycles. The molecule has 3 aromatic heterocycles. The topological polar surface area (TPSA) is 42.2 Å². The molecule has 4 nitrogen and oxygen atoms in total. The number of aryl methyl sites for hydroxylation is 2. The molecule has 0 aromatic carbocycles. The first-order chi connectivity index (χ1) is 11.2. The van der Waals surface area contributed by atoms with Gasteiger partial charge in [-0.05, 0) is 45.4 Å². The second-order valence-corrected chi connectivity index (χ2v) is 8.15. The molecule has 0 amide bonds. The van der Waals surface area contributed by atoms with Crippen LogP contribution in [0, 0.1) is 13.8 Å². The zero-order valence-electron chi connectivity index (χ0n) is 13.3. The summed E-state index contributed by atoms with van der Waals surface area (Å²) in [5.74, 6) is 1.68. The maximum atomic E-state index is 5.91. The number of rotatable bonds is 4. The Kier molecular flexibility index (Phi) is 4.05. The minimum atomic E-state index is 0.429. The predicted molar refractivity (Wildman–Crippen MR) is 93.8 cm³/mol. The third-order valence-corrected chi connectivity index (χ3v) is 6.16. The van der Waals surface area contributed by atoms with Gasteiger partial charge in [-0.2, -0.15) is 0 Å². The van der Waals surface area contributed by atoms with Crippen molar-refractivity contribution in [3.05, 3.63) is 45.0 Å². The fraction of sp³-hybridized carbons (Fsp3) is 0.412. The second kappa shape index (κ2) is 6.19. The number of hydrogen-bond donors (Lipinski definition) is 0. The molecule has 1 aliphatic rings. The van der Waals surface area contributed by atoms with Gasteiger partial charge >= 0.3 is 0 Å². The molecule has 0 bridgehead atoms. The van der Waals surface area contributed by atoms with Gasteiger partial charge in [0.2, 0.25) is 5.89 Å². The van der Waals surface area contributed by atoms with Crippen LogP contribution >= 0.6 is 22.7 Å². The van der Waals surface area contributed by atoms with Gasteiger partial charge < -0.3 is 4.42 Å². The van der Waals surface area contributed by atoms with E-state index in [1.165, 1.54) is 22.7 Å². The summed E-state index contributed by atoms with van der Waals surface area (Å²) in [7, 11) is 0. The van der Waals surface area contributed by atoms with Crippen molar-refractivity contribution in [2.24, 2.45) is 0 Å². The highest BCUT2D eigenvalue weighted by atomic mass is 32.1. The summed E-state index contributed by atoms with van der Waals surface area (Å²) >= 11 is 3.47. The highest BCUT2D eigenvalue weighted by Gasteiger charge is 2.29. The van der Waals surface area contributed by atoms with E-state index in [9.17, 15) is 0 Å². The van der Waals surface area contributed by atoms with Crippen LogP contribution in [0.25, 0.3) is 10.8 Å². The lowest BCUT2D eigenvalue weighted by atomic mass is 10.2. The Labute approximate surface area is 143 Å². The molecule has 4 heterocycles. The maximum absolute atomic E-state index is 5.91. The zero-order chi connectivity index (χ0) is 15.8. The lowest BCUT2D eigenvalue weighted by Gasteiger charge is -2.21. The van der Waals surface area contributed by atoms with Crippen LogP contribution in [0.1, 0.15) is 40.2 Å². The van der Waals surface area contributed by atoms with Crippen molar-refractivity contribution in [1.29, 1.82) is 0 Å². The minimum Gasteiger partial charge on any atom is -0.440 e. The van der Waals surface area contributed by atoms with Crippen molar-refractivity contribution in [2.45, 2.75) is 39.3 Å². The summed E-state index contributed by atoms with van der Waals surface area (Å²) in [5, 5.41) is 3.28. The van der Waals surface area contributed by atoms with Crippen molar-refractivity contribution in [2.75, 3.05) is 6.54 Å². The van der Waals surface area contributed by atoms with E-state index in [0.29, 0.717) is 6.04 Å². The van der Waals surface area contributed by atoms with Crippen LogP contribution in [0.3, 0.4) is 0 Å². The fourth-order valence-corrected chi connectivity index (χ4v) is 4.72. The molecule has 4 rings (SSSR count). The number of nitrogens with zero attached hydrogens (tertiary/aromatic N) is 3. The molecule has 0 radical (unpaired) electrons. The van der Waals surface area contributed by atoms with Crippen LogP contribution in [0.5, 0.6) is 0 Å². The first-order valence-electron chi connectivity index (χ1n) is 7.87. The lowest BCUT2D eigenvalue weighted by Crippen LogP contribution is -2.23. The van der Waals surface area contributed by atoms with Crippen molar-refractivity contribution < 1.29 is 4.42 Å². The van der Waals surface area contributed by atoms with E-state index in [1.807, 2.05) is 13.1 Å². The molecule has 6 heteroatoms. The van der Waals surface area contributed by atoms with E-state index in [0.717, 1.165) is 35.3 Å². The van der Waals surface area contributed by atoms with Crippen molar-refractivity contribution in [1.82, 2.24) is 14.9 Å². The Hall–Kier alpha value is -1.50. The highest BCUT2D eigenvalue weighted by Crippen LogP contribution is 2.35. The summed E-state index contributed by atoms with van der Waals surface area (Å²) in [6.45, 7) is 6.06. The first-order valence-corrected chi connectivity index (χ1v) is 9.57. The Morgan fingerprint density at radius 2 is 2.26 bits per heavy atom. The Balaban J connectivity index is 1.56. The molecule has 1 atom stereocenters. The average Bonchev–Trinajstić information content (AvgIpc) is 3.28. The number of likely N-dealkylation sites (tertiary alicyclic amines) is 1. The number of thiazole rings is 1. The number of thiophene rings is 1. The number of hydrogen-bond acceptors (Lipinski definition) is 6. The summed E-state index contributed by atoms with van der Waals surface area (Å²) in [5.41, 5.74) is 1.05. The summed E-state index contributed by atoms with van der Waals surface area (Å²) < 4.78 is 5.91. The molecule has 0 N–H and O–H groups in total. The van der Waals surface area contributed by atoms with E-state index in [4.69, 9.17) is 9.40 Å². The van der Waals surface area contributed by atoms with Gasteiger partial charge in [-0.15, -0.1) is 22.7 Å². The van der Waals surface area contributed by atoms with Crippen LogP contribution in [-0.4, -0.2) is 21.4 Å². The van der Waals surface area contributed by atoms with Gasteiger partial charge in [0.25, 0.3) is 0 Å². The van der Waals surface area contributed by atoms with Gasteiger partial charge in [0.15, 0.2) is 0 Å². The van der Waals surface area contributed by atoms with Gasteiger partial charge in [-0.25, -0.2) is 9.97 Å². The molecular formula is C17H19N3OS2. The van der Waals surface area contributed by atoms with Gasteiger partial charge in [0.1, 0.15) is 10.8 Å². The minimum absolute atomic E-state index is 0.429. The van der Waals surface area contributed by atoms with Crippen molar-refractivity contribution >= 4 is 22.7 Å². The second-order valence-electron chi connectivity index (χ2n) is 5.93. The van der Waals surface area contributed by atoms with E-state index in [1.54, 1.807) is 22.7 Å². The maximum Gasteiger partial charge on any atom is 0.236 e. The lowest BCUT2D eigenvalue weighted by molar-refractivity contribution is 0.244. The van der Waals surface area contributed by atoms with Gasteiger partial charge in [-0.1, -0.05) is 0 Å². The van der Waals surface area contributed by atoms with E-state index in [2.05, 4.69) is 34.3 Å². The van der Waals surface area contributed by atoms with Crippen LogP contribution in [0.4, 0.5) is 0 Å². The van der Waals surface area contributed by atoms with Crippen molar-refractivity contribution in [3.8, 4) is 10.8 Å². The summed E-state index contributed by atoms with van der Waals surface area (Å²) in [6, 6.07) is 4.63. The Morgan fingerprint density at radius 3 is 3.00 bits per heavy atom. The first kappa shape index (κ1) is 15.1.